The monoisotopic (exact) mass is 948 g/mol. The maximum absolute atomic E-state index is 6.79. The Morgan fingerprint density at radius 2 is 0.627 bits per heavy atom. The van der Waals surface area contributed by atoms with E-state index < -0.39 is 8.07 Å². The first-order chi connectivity index (χ1) is 28.9. The Morgan fingerprint density at radius 3 is 0.915 bits per heavy atom. The lowest BCUT2D eigenvalue weighted by Gasteiger charge is -2.29. The van der Waals surface area contributed by atoms with Crippen molar-refractivity contribution in [1.82, 2.24) is 0 Å². The quantitative estimate of drug-likeness (QED) is 0.0399. The zero-order valence-corrected chi connectivity index (χ0v) is 40.6. The summed E-state index contributed by atoms with van der Waals surface area (Å²) in [6.45, 7) is 11.6. The molecule has 0 bridgehead atoms. The molecular weight excluding hydrogens is 884 g/mol. The molecule has 2 heterocycles. The number of methoxy groups -OCH3 is 2. The minimum Gasteiger partial charge on any atom is -0.496 e. The van der Waals surface area contributed by atoms with E-state index in [-0.39, 0.29) is 0 Å². The molecule has 9 heteroatoms. The second-order valence-corrected chi connectivity index (χ2v) is 21.5. The van der Waals surface area contributed by atoms with Crippen molar-refractivity contribution >= 4 is 60.7 Å². The van der Waals surface area contributed by atoms with E-state index in [1.165, 1.54) is 83.2 Å². The van der Waals surface area contributed by atoms with Crippen molar-refractivity contribution in [2.75, 3.05) is 40.6 Å². The van der Waals surface area contributed by atoms with E-state index in [0.717, 1.165) is 106 Å². The normalized spacial score (nSPS) is 12.9. The van der Waals surface area contributed by atoms with Gasteiger partial charge in [0.2, 0.25) is 0 Å². The SMILES string of the molecule is CCCCCCOc1cc2c(cc1OCCCCCC)[Si]1(c3cc(Br)c(OC)cc3-c3cc(OC)c(Br)cc31)c1cc(OCCCCCC)c(OCCCCCC)cc1-2. The molecule has 2 aliphatic heterocycles. The topological polar surface area (TPSA) is 55.4 Å². The second kappa shape index (κ2) is 22.1. The van der Waals surface area contributed by atoms with Gasteiger partial charge in [-0.3, -0.25) is 0 Å². The highest BCUT2D eigenvalue weighted by Crippen LogP contribution is 2.46. The summed E-state index contributed by atoms with van der Waals surface area (Å²) in [5, 5.41) is 5.17. The highest BCUT2D eigenvalue weighted by Gasteiger charge is 2.56. The van der Waals surface area contributed by atoms with Crippen LogP contribution in [0.5, 0.6) is 34.5 Å². The summed E-state index contributed by atoms with van der Waals surface area (Å²) in [5.74, 6) is 4.88. The van der Waals surface area contributed by atoms with Crippen LogP contribution in [0.3, 0.4) is 0 Å². The van der Waals surface area contributed by atoms with Gasteiger partial charge in [-0.05, 0) is 149 Å². The molecule has 0 aromatic heterocycles. The predicted octanol–water partition coefficient (Wildman–Crippen LogP) is 12.4. The summed E-state index contributed by atoms with van der Waals surface area (Å²) in [6.07, 6.45) is 18.2. The second-order valence-electron chi connectivity index (χ2n) is 16.1. The third kappa shape index (κ3) is 9.83. The van der Waals surface area contributed by atoms with Crippen molar-refractivity contribution in [3.05, 3.63) is 57.5 Å². The first-order valence-electron chi connectivity index (χ1n) is 22.5. The first-order valence-corrected chi connectivity index (χ1v) is 26.1. The maximum Gasteiger partial charge on any atom is 0.182 e. The molecule has 0 saturated carbocycles. The van der Waals surface area contributed by atoms with Gasteiger partial charge in [0.15, 0.2) is 31.1 Å². The molecule has 1 spiro atoms. The zero-order valence-electron chi connectivity index (χ0n) is 36.5. The molecule has 6 nitrogen and oxygen atoms in total. The van der Waals surface area contributed by atoms with Gasteiger partial charge in [-0.1, -0.05) is 105 Å². The third-order valence-electron chi connectivity index (χ3n) is 12.0. The summed E-state index contributed by atoms with van der Waals surface area (Å²) in [6, 6.07) is 18.3. The molecule has 4 aromatic carbocycles. The van der Waals surface area contributed by atoms with Crippen molar-refractivity contribution in [2.24, 2.45) is 0 Å². The summed E-state index contributed by atoms with van der Waals surface area (Å²) < 4.78 is 40.8. The maximum atomic E-state index is 6.79. The average Bonchev–Trinajstić information content (AvgIpc) is 3.66. The first kappa shape index (κ1) is 45.4. The Hall–Kier alpha value is -3.14. The lowest BCUT2D eigenvalue weighted by atomic mass is 10.0. The van der Waals surface area contributed by atoms with Gasteiger partial charge in [0.25, 0.3) is 0 Å². The van der Waals surface area contributed by atoms with Crippen molar-refractivity contribution < 1.29 is 28.4 Å². The molecule has 0 saturated heterocycles. The molecule has 2 aliphatic rings. The fourth-order valence-corrected chi connectivity index (χ4v) is 15.9. The number of hydrogen-bond donors (Lipinski definition) is 0. The molecule has 0 atom stereocenters. The third-order valence-corrected chi connectivity index (χ3v) is 18.1. The van der Waals surface area contributed by atoms with E-state index >= 15 is 0 Å². The Labute approximate surface area is 372 Å². The van der Waals surface area contributed by atoms with Crippen LogP contribution in [0.2, 0.25) is 0 Å². The number of benzene rings is 4. The van der Waals surface area contributed by atoms with Crippen LogP contribution in [-0.2, 0) is 0 Å². The van der Waals surface area contributed by atoms with Crippen molar-refractivity contribution in [3.63, 3.8) is 0 Å². The van der Waals surface area contributed by atoms with E-state index in [2.05, 4.69) is 108 Å². The molecule has 0 aliphatic carbocycles. The van der Waals surface area contributed by atoms with Crippen molar-refractivity contribution in [3.8, 4) is 56.8 Å². The van der Waals surface area contributed by atoms with Gasteiger partial charge in [-0.15, -0.1) is 0 Å². The summed E-state index contributed by atoms with van der Waals surface area (Å²) in [5.41, 5.74) is 4.67. The standard InChI is InChI=1S/C50H66Br2O6Si/c1-7-11-15-19-23-55-43-29-37-38-30-44(56-24-20-16-12-8-2)46(58-26-22-18-14-10-4)34-50(38)59(49(37)33-45(43)57-25-21-17-13-9-3)47-31-39(51)41(53-5)27-35(47)36-28-42(54-6)40(52)32-48(36)59/h27-34H,7-26H2,1-6H3. The van der Waals surface area contributed by atoms with Crippen LogP contribution >= 0.6 is 31.9 Å². The van der Waals surface area contributed by atoms with Crippen LogP contribution in [0.15, 0.2) is 57.5 Å². The lowest BCUT2D eigenvalue weighted by Crippen LogP contribution is -2.70. The molecule has 0 fully saturated rings. The van der Waals surface area contributed by atoms with Gasteiger partial charge in [0.05, 0.1) is 49.6 Å². The van der Waals surface area contributed by atoms with Gasteiger partial charge < -0.3 is 28.4 Å². The summed E-state index contributed by atoms with van der Waals surface area (Å²) >= 11 is 7.87. The highest BCUT2D eigenvalue weighted by molar-refractivity contribution is 9.11. The molecular formula is C50H66Br2O6Si. The van der Waals surface area contributed by atoms with Gasteiger partial charge in [-0.2, -0.15) is 0 Å². The predicted molar refractivity (Wildman–Crippen MR) is 255 cm³/mol. The molecule has 0 unspecified atom stereocenters. The number of ether oxygens (including phenoxy) is 6. The summed E-state index contributed by atoms with van der Waals surface area (Å²) in [7, 11) is 0.417. The molecule has 4 aromatic rings. The van der Waals surface area contributed by atoms with Crippen molar-refractivity contribution in [1.29, 1.82) is 0 Å². The number of hydrogen-bond acceptors (Lipinski definition) is 6. The Bertz CT molecular complexity index is 1870. The molecule has 6 rings (SSSR count). The largest absolute Gasteiger partial charge is 0.496 e. The molecule has 320 valence electrons. The molecule has 0 radical (unpaired) electrons. The molecule has 0 amide bonds. The van der Waals surface area contributed by atoms with Gasteiger partial charge in [-0.25, -0.2) is 0 Å². The van der Waals surface area contributed by atoms with Crippen LogP contribution in [0.1, 0.15) is 130 Å². The molecule has 0 N–H and O–H groups in total. The fourth-order valence-electron chi connectivity index (χ4n) is 8.84. The van der Waals surface area contributed by atoms with E-state index in [1.807, 2.05) is 0 Å². The zero-order chi connectivity index (χ0) is 41.8. The van der Waals surface area contributed by atoms with E-state index in [1.54, 1.807) is 14.2 Å². The average molecular weight is 951 g/mol. The summed E-state index contributed by atoms with van der Waals surface area (Å²) in [4.78, 5) is 0. The van der Waals surface area contributed by atoms with E-state index in [9.17, 15) is 0 Å². The van der Waals surface area contributed by atoms with Gasteiger partial charge >= 0.3 is 0 Å². The van der Waals surface area contributed by atoms with Crippen molar-refractivity contribution in [2.45, 2.75) is 130 Å². The van der Waals surface area contributed by atoms with Crippen LogP contribution in [0, 0.1) is 0 Å². The number of fused-ring (bicyclic) bond motifs is 10. The number of halogens is 2. The fraction of sp³-hybridized carbons (Fsp3) is 0.520. The van der Waals surface area contributed by atoms with Crippen LogP contribution in [0.25, 0.3) is 22.3 Å². The van der Waals surface area contributed by atoms with E-state index in [0.29, 0.717) is 26.4 Å². The molecule has 59 heavy (non-hydrogen) atoms. The van der Waals surface area contributed by atoms with E-state index in [4.69, 9.17) is 28.4 Å². The number of unbranched alkanes of at least 4 members (excludes halogenated alkanes) is 12. The van der Waals surface area contributed by atoms with Gasteiger partial charge in [0.1, 0.15) is 11.5 Å². The van der Waals surface area contributed by atoms with Crippen LogP contribution in [0.4, 0.5) is 0 Å². The Balaban J connectivity index is 1.61. The highest BCUT2D eigenvalue weighted by atomic mass is 79.9. The van der Waals surface area contributed by atoms with Crippen LogP contribution in [-0.4, -0.2) is 48.7 Å². The smallest absolute Gasteiger partial charge is 0.182 e. The van der Waals surface area contributed by atoms with Crippen LogP contribution < -0.4 is 49.2 Å². The number of rotatable bonds is 26. The Morgan fingerprint density at radius 1 is 0.356 bits per heavy atom. The minimum absolute atomic E-state index is 0.650. The van der Waals surface area contributed by atoms with Gasteiger partial charge in [0, 0.05) is 0 Å². The minimum atomic E-state index is -3.05. The Kier molecular flexibility index (Phi) is 17.0. The lowest BCUT2D eigenvalue weighted by molar-refractivity contribution is 0.259.